The SMILES string of the molecule is CCOc1cc(/C=C2\SC(=O)N(Cc3ccc(Cl)c(Cl)c3)C2=O)ccc1OC(C)CC. The van der Waals surface area contributed by atoms with Crippen molar-refractivity contribution in [3.8, 4) is 11.5 Å². The second-order valence-corrected chi connectivity index (χ2v) is 8.80. The van der Waals surface area contributed by atoms with Gasteiger partial charge in [-0.2, -0.15) is 0 Å². The van der Waals surface area contributed by atoms with Crippen molar-refractivity contribution in [3.63, 3.8) is 0 Å². The van der Waals surface area contributed by atoms with E-state index >= 15 is 0 Å². The van der Waals surface area contributed by atoms with Gasteiger partial charge in [-0.3, -0.25) is 14.5 Å². The van der Waals surface area contributed by atoms with Gasteiger partial charge in [0, 0.05) is 0 Å². The van der Waals surface area contributed by atoms with E-state index in [1.807, 2.05) is 39.0 Å². The molecule has 0 bridgehead atoms. The summed E-state index contributed by atoms with van der Waals surface area (Å²) in [6, 6.07) is 10.5. The third-order valence-electron chi connectivity index (χ3n) is 4.67. The topological polar surface area (TPSA) is 55.8 Å². The van der Waals surface area contributed by atoms with Crippen LogP contribution in [0.5, 0.6) is 11.5 Å². The molecule has 31 heavy (non-hydrogen) atoms. The molecule has 5 nitrogen and oxygen atoms in total. The van der Waals surface area contributed by atoms with Crippen molar-refractivity contribution in [1.82, 2.24) is 4.90 Å². The molecule has 1 aliphatic rings. The molecule has 0 aromatic heterocycles. The van der Waals surface area contributed by atoms with Gasteiger partial charge in [-0.15, -0.1) is 0 Å². The van der Waals surface area contributed by atoms with Crippen molar-refractivity contribution in [3.05, 3.63) is 62.5 Å². The second-order valence-electron chi connectivity index (χ2n) is 6.99. The van der Waals surface area contributed by atoms with Crippen molar-refractivity contribution >= 4 is 52.2 Å². The minimum atomic E-state index is -0.348. The smallest absolute Gasteiger partial charge is 0.293 e. The number of ether oxygens (including phenoxy) is 2. The summed E-state index contributed by atoms with van der Waals surface area (Å²) < 4.78 is 11.6. The van der Waals surface area contributed by atoms with Gasteiger partial charge in [0.2, 0.25) is 0 Å². The number of carbonyl (C=O) groups excluding carboxylic acids is 2. The van der Waals surface area contributed by atoms with Crippen LogP contribution in [0.3, 0.4) is 0 Å². The fourth-order valence-corrected chi connectivity index (χ4v) is 4.05. The quantitative estimate of drug-likeness (QED) is 0.389. The average molecular weight is 480 g/mol. The molecule has 0 aliphatic carbocycles. The molecule has 1 aliphatic heterocycles. The van der Waals surface area contributed by atoms with E-state index in [2.05, 4.69) is 0 Å². The predicted molar refractivity (Wildman–Crippen MR) is 126 cm³/mol. The van der Waals surface area contributed by atoms with Crippen LogP contribution >= 0.6 is 35.0 Å². The van der Waals surface area contributed by atoms with Crippen molar-refractivity contribution < 1.29 is 19.1 Å². The number of halogens is 2. The largest absolute Gasteiger partial charge is 0.490 e. The van der Waals surface area contributed by atoms with Gasteiger partial charge in [0.05, 0.1) is 34.2 Å². The number of thioether (sulfide) groups is 1. The van der Waals surface area contributed by atoms with Gasteiger partial charge in [0.15, 0.2) is 11.5 Å². The molecule has 0 spiro atoms. The van der Waals surface area contributed by atoms with Crippen LogP contribution in [0.15, 0.2) is 41.3 Å². The molecule has 2 aromatic carbocycles. The minimum absolute atomic E-state index is 0.0583. The average Bonchev–Trinajstić information content (AvgIpc) is 3.00. The van der Waals surface area contributed by atoms with Gasteiger partial charge < -0.3 is 9.47 Å². The summed E-state index contributed by atoms with van der Waals surface area (Å²) in [4.78, 5) is 26.8. The molecule has 0 radical (unpaired) electrons. The Bertz CT molecular complexity index is 1020. The summed E-state index contributed by atoms with van der Waals surface area (Å²) in [7, 11) is 0. The number of hydrogen-bond donors (Lipinski definition) is 0. The number of nitrogens with zero attached hydrogens (tertiary/aromatic N) is 1. The zero-order chi connectivity index (χ0) is 22.5. The number of rotatable bonds is 8. The Morgan fingerprint density at radius 1 is 1.06 bits per heavy atom. The fraction of sp³-hybridized carbons (Fsp3) is 0.304. The van der Waals surface area contributed by atoms with Crippen LogP contribution in [0.1, 0.15) is 38.3 Å². The Labute approximate surface area is 196 Å². The summed E-state index contributed by atoms with van der Waals surface area (Å²) in [6.45, 7) is 6.56. The van der Waals surface area contributed by atoms with E-state index in [4.69, 9.17) is 32.7 Å². The van der Waals surface area contributed by atoms with Crippen LogP contribution in [0, 0.1) is 0 Å². The predicted octanol–water partition coefficient (Wildman–Crippen LogP) is 6.81. The summed E-state index contributed by atoms with van der Waals surface area (Å²) in [5.74, 6) is 0.909. The van der Waals surface area contributed by atoms with Crippen LogP contribution in [0.4, 0.5) is 4.79 Å². The molecule has 2 aromatic rings. The first-order valence-electron chi connectivity index (χ1n) is 9.95. The Kier molecular flexibility index (Phi) is 7.92. The Balaban J connectivity index is 1.81. The summed E-state index contributed by atoms with van der Waals surface area (Å²) >= 11 is 12.9. The lowest BCUT2D eigenvalue weighted by atomic mass is 10.1. The summed E-state index contributed by atoms with van der Waals surface area (Å²) in [5, 5.41) is 0.472. The second kappa shape index (κ2) is 10.4. The molecule has 0 saturated carbocycles. The monoisotopic (exact) mass is 479 g/mol. The van der Waals surface area contributed by atoms with E-state index in [0.29, 0.717) is 33.1 Å². The van der Waals surface area contributed by atoms with Gasteiger partial charge in [-0.25, -0.2) is 0 Å². The molecule has 164 valence electrons. The molecular weight excluding hydrogens is 457 g/mol. The van der Waals surface area contributed by atoms with Crippen LogP contribution in [-0.2, 0) is 11.3 Å². The lowest BCUT2D eigenvalue weighted by Gasteiger charge is -2.16. The van der Waals surface area contributed by atoms with Crippen LogP contribution in [0.2, 0.25) is 10.0 Å². The molecular formula is C23H23Cl2NO4S. The minimum Gasteiger partial charge on any atom is -0.490 e. The molecule has 1 saturated heterocycles. The molecule has 2 amide bonds. The Morgan fingerprint density at radius 3 is 2.52 bits per heavy atom. The summed E-state index contributed by atoms with van der Waals surface area (Å²) in [5.41, 5.74) is 1.48. The Morgan fingerprint density at radius 2 is 1.84 bits per heavy atom. The van der Waals surface area contributed by atoms with E-state index in [0.717, 1.165) is 29.3 Å². The molecule has 8 heteroatoms. The van der Waals surface area contributed by atoms with E-state index < -0.39 is 0 Å². The van der Waals surface area contributed by atoms with Crippen molar-refractivity contribution in [1.29, 1.82) is 0 Å². The van der Waals surface area contributed by atoms with Crippen LogP contribution < -0.4 is 9.47 Å². The van der Waals surface area contributed by atoms with Crippen molar-refractivity contribution in [2.75, 3.05) is 6.61 Å². The molecule has 1 fully saturated rings. The van der Waals surface area contributed by atoms with E-state index in [-0.39, 0.29) is 23.8 Å². The standard InChI is InChI=1S/C23H23Cl2NO4S/c1-4-14(3)30-19-9-7-15(11-20(19)29-5-2)12-21-22(27)26(23(28)31-21)13-16-6-8-17(24)18(25)10-16/h6-12,14H,4-5,13H2,1-3H3/b21-12-. The highest BCUT2D eigenvalue weighted by Crippen LogP contribution is 2.36. The van der Waals surface area contributed by atoms with Crippen LogP contribution in [0.25, 0.3) is 6.08 Å². The van der Waals surface area contributed by atoms with Gasteiger partial charge >= 0.3 is 0 Å². The number of amides is 2. The first-order chi connectivity index (χ1) is 14.8. The Hall–Kier alpha value is -2.15. The maximum absolute atomic E-state index is 12.8. The van der Waals surface area contributed by atoms with Gasteiger partial charge in [-0.05, 0) is 73.5 Å². The first-order valence-corrected chi connectivity index (χ1v) is 11.5. The highest BCUT2D eigenvalue weighted by Gasteiger charge is 2.35. The van der Waals surface area contributed by atoms with Crippen molar-refractivity contribution in [2.45, 2.75) is 39.8 Å². The molecule has 1 atom stereocenters. The molecule has 1 heterocycles. The maximum atomic E-state index is 12.8. The van der Waals surface area contributed by atoms with E-state index in [9.17, 15) is 9.59 Å². The van der Waals surface area contributed by atoms with E-state index in [1.54, 1.807) is 24.3 Å². The van der Waals surface area contributed by atoms with Gasteiger partial charge in [-0.1, -0.05) is 42.3 Å². The number of hydrogen-bond acceptors (Lipinski definition) is 5. The maximum Gasteiger partial charge on any atom is 0.293 e. The molecule has 0 N–H and O–H groups in total. The number of imide groups is 1. The fourth-order valence-electron chi connectivity index (χ4n) is 2.89. The lowest BCUT2D eigenvalue weighted by Crippen LogP contribution is -2.27. The highest BCUT2D eigenvalue weighted by molar-refractivity contribution is 8.18. The number of benzene rings is 2. The molecule has 3 rings (SSSR count). The van der Waals surface area contributed by atoms with E-state index in [1.165, 1.54) is 4.90 Å². The molecule has 1 unspecified atom stereocenters. The number of carbonyl (C=O) groups is 2. The third kappa shape index (κ3) is 5.76. The first kappa shape index (κ1) is 23.5. The normalized spacial score (nSPS) is 16.2. The highest BCUT2D eigenvalue weighted by atomic mass is 35.5. The zero-order valence-corrected chi connectivity index (χ0v) is 19.8. The van der Waals surface area contributed by atoms with Gasteiger partial charge in [0.1, 0.15) is 0 Å². The zero-order valence-electron chi connectivity index (χ0n) is 17.5. The lowest BCUT2D eigenvalue weighted by molar-refractivity contribution is -0.123. The van der Waals surface area contributed by atoms with Gasteiger partial charge in [0.25, 0.3) is 11.1 Å². The van der Waals surface area contributed by atoms with Crippen LogP contribution in [-0.4, -0.2) is 28.8 Å². The third-order valence-corrected chi connectivity index (χ3v) is 6.31. The summed E-state index contributed by atoms with van der Waals surface area (Å²) in [6.07, 6.45) is 2.62. The van der Waals surface area contributed by atoms with Crippen molar-refractivity contribution in [2.24, 2.45) is 0 Å².